The van der Waals surface area contributed by atoms with E-state index in [9.17, 15) is 0 Å². The van der Waals surface area contributed by atoms with Gasteiger partial charge in [0.25, 0.3) is 0 Å². The van der Waals surface area contributed by atoms with Gasteiger partial charge in [-0.15, -0.1) is 0 Å². The fourth-order valence-electron chi connectivity index (χ4n) is 2.15. The summed E-state index contributed by atoms with van der Waals surface area (Å²) in [5.41, 5.74) is 6.97. The van der Waals surface area contributed by atoms with Crippen LogP contribution in [0, 0.1) is 6.92 Å². The van der Waals surface area contributed by atoms with E-state index in [0.717, 1.165) is 12.8 Å². The SMILES string of the molecule is CC(C)=CC1=CC=C(c2ccc(C)cc2)CC1. The Morgan fingerprint density at radius 2 is 1.71 bits per heavy atom. The number of hydrogen-bond acceptors (Lipinski definition) is 0. The molecule has 0 radical (unpaired) electrons. The Labute approximate surface area is 104 Å². The Morgan fingerprint density at radius 3 is 2.24 bits per heavy atom. The summed E-state index contributed by atoms with van der Waals surface area (Å²) in [5.74, 6) is 0. The molecular weight excluding hydrogens is 204 g/mol. The quantitative estimate of drug-likeness (QED) is 0.658. The lowest BCUT2D eigenvalue weighted by Crippen LogP contribution is -1.92. The molecule has 1 aromatic rings. The van der Waals surface area contributed by atoms with Crippen LogP contribution in [0.15, 0.2) is 53.6 Å². The highest BCUT2D eigenvalue weighted by Gasteiger charge is 2.06. The van der Waals surface area contributed by atoms with Crippen LogP contribution in [0.5, 0.6) is 0 Å². The molecule has 0 nitrogen and oxygen atoms in total. The van der Waals surface area contributed by atoms with Gasteiger partial charge >= 0.3 is 0 Å². The first-order valence-corrected chi connectivity index (χ1v) is 6.27. The van der Waals surface area contributed by atoms with Crippen molar-refractivity contribution in [3.8, 4) is 0 Å². The van der Waals surface area contributed by atoms with Gasteiger partial charge < -0.3 is 0 Å². The van der Waals surface area contributed by atoms with Crippen molar-refractivity contribution in [3.05, 3.63) is 64.8 Å². The molecule has 0 spiro atoms. The highest BCUT2D eigenvalue weighted by molar-refractivity contribution is 5.69. The zero-order valence-corrected chi connectivity index (χ0v) is 11.0. The van der Waals surface area contributed by atoms with Crippen LogP contribution < -0.4 is 0 Å². The molecule has 0 bridgehead atoms. The number of aryl methyl sites for hydroxylation is 1. The summed E-state index contributed by atoms with van der Waals surface area (Å²) in [7, 11) is 0. The number of benzene rings is 1. The molecule has 0 unspecified atom stereocenters. The highest BCUT2D eigenvalue weighted by atomic mass is 14.1. The third-order valence-corrected chi connectivity index (χ3v) is 3.08. The van der Waals surface area contributed by atoms with Gasteiger partial charge in [-0.05, 0) is 50.3 Å². The molecule has 0 heteroatoms. The normalized spacial score (nSPS) is 15.0. The highest BCUT2D eigenvalue weighted by Crippen LogP contribution is 2.27. The molecule has 1 aromatic carbocycles. The number of rotatable bonds is 2. The van der Waals surface area contributed by atoms with E-state index in [4.69, 9.17) is 0 Å². The maximum Gasteiger partial charge on any atom is -0.0224 e. The predicted octanol–water partition coefficient (Wildman–Crippen LogP) is 5.06. The standard InChI is InChI=1S/C17H20/c1-13(2)12-15-6-10-17(11-7-15)16-8-4-14(3)5-9-16/h4-6,8-10,12H,7,11H2,1-3H3. The van der Waals surface area contributed by atoms with Crippen LogP contribution in [0.3, 0.4) is 0 Å². The van der Waals surface area contributed by atoms with E-state index in [1.54, 1.807) is 0 Å². The van der Waals surface area contributed by atoms with E-state index in [1.807, 2.05) is 0 Å². The van der Waals surface area contributed by atoms with Gasteiger partial charge in [0, 0.05) is 0 Å². The average molecular weight is 224 g/mol. The molecule has 2 rings (SSSR count). The molecule has 17 heavy (non-hydrogen) atoms. The van der Waals surface area contributed by atoms with Crippen LogP contribution in [0.1, 0.15) is 37.8 Å². The van der Waals surface area contributed by atoms with Crippen LogP contribution in [0.2, 0.25) is 0 Å². The van der Waals surface area contributed by atoms with Gasteiger partial charge in [0.1, 0.15) is 0 Å². The monoisotopic (exact) mass is 224 g/mol. The molecule has 0 saturated heterocycles. The molecule has 0 atom stereocenters. The van der Waals surface area contributed by atoms with Crippen molar-refractivity contribution in [1.82, 2.24) is 0 Å². The molecule has 0 saturated carbocycles. The summed E-state index contributed by atoms with van der Waals surface area (Å²) in [6, 6.07) is 8.82. The van der Waals surface area contributed by atoms with Gasteiger partial charge in [-0.1, -0.05) is 53.6 Å². The van der Waals surface area contributed by atoms with Crippen molar-refractivity contribution in [2.45, 2.75) is 33.6 Å². The number of allylic oxidation sites excluding steroid dienone is 6. The second kappa shape index (κ2) is 5.18. The lowest BCUT2D eigenvalue weighted by atomic mass is 9.92. The summed E-state index contributed by atoms with van der Waals surface area (Å²) in [4.78, 5) is 0. The summed E-state index contributed by atoms with van der Waals surface area (Å²) in [5, 5.41) is 0. The molecule has 1 aliphatic carbocycles. The van der Waals surface area contributed by atoms with Gasteiger partial charge in [-0.3, -0.25) is 0 Å². The van der Waals surface area contributed by atoms with Crippen molar-refractivity contribution < 1.29 is 0 Å². The van der Waals surface area contributed by atoms with Crippen molar-refractivity contribution in [3.63, 3.8) is 0 Å². The van der Waals surface area contributed by atoms with Gasteiger partial charge in [0.05, 0.1) is 0 Å². The van der Waals surface area contributed by atoms with E-state index < -0.39 is 0 Å². The zero-order chi connectivity index (χ0) is 12.3. The second-order valence-electron chi connectivity index (χ2n) is 5.02. The molecule has 88 valence electrons. The number of hydrogen-bond donors (Lipinski definition) is 0. The smallest absolute Gasteiger partial charge is 0.0224 e. The minimum absolute atomic E-state index is 1.15. The molecule has 0 heterocycles. The van der Waals surface area contributed by atoms with E-state index in [-0.39, 0.29) is 0 Å². The minimum atomic E-state index is 1.15. The molecule has 0 amide bonds. The molecule has 1 aliphatic rings. The molecule has 0 fully saturated rings. The molecule has 0 N–H and O–H groups in total. The van der Waals surface area contributed by atoms with E-state index in [1.165, 1.54) is 27.8 Å². The van der Waals surface area contributed by atoms with Crippen molar-refractivity contribution >= 4 is 5.57 Å². The molecule has 0 aliphatic heterocycles. The summed E-state index contributed by atoms with van der Waals surface area (Å²) in [6.07, 6.45) is 9.11. The van der Waals surface area contributed by atoms with Crippen molar-refractivity contribution in [2.24, 2.45) is 0 Å². The largest absolute Gasteiger partial charge is 0.0762 e. The Morgan fingerprint density at radius 1 is 1.00 bits per heavy atom. The van der Waals surface area contributed by atoms with Crippen LogP contribution in [-0.2, 0) is 0 Å². The fourth-order valence-corrected chi connectivity index (χ4v) is 2.15. The van der Waals surface area contributed by atoms with E-state index in [0.29, 0.717) is 0 Å². The minimum Gasteiger partial charge on any atom is -0.0762 e. The summed E-state index contributed by atoms with van der Waals surface area (Å²) in [6.45, 7) is 6.44. The van der Waals surface area contributed by atoms with Crippen LogP contribution in [0.25, 0.3) is 5.57 Å². The van der Waals surface area contributed by atoms with Gasteiger partial charge in [-0.2, -0.15) is 0 Å². The first-order valence-electron chi connectivity index (χ1n) is 6.27. The first-order chi connectivity index (χ1) is 8.15. The van der Waals surface area contributed by atoms with Crippen LogP contribution in [-0.4, -0.2) is 0 Å². The Bertz CT molecular complexity index is 477. The van der Waals surface area contributed by atoms with Crippen LogP contribution in [0.4, 0.5) is 0 Å². The molecule has 0 aromatic heterocycles. The maximum absolute atomic E-state index is 2.28. The van der Waals surface area contributed by atoms with Crippen molar-refractivity contribution in [2.75, 3.05) is 0 Å². The predicted molar refractivity (Wildman–Crippen MR) is 75.9 cm³/mol. The zero-order valence-electron chi connectivity index (χ0n) is 11.0. The van der Waals surface area contributed by atoms with Gasteiger partial charge in [-0.25, -0.2) is 0 Å². The van der Waals surface area contributed by atoms with Gasteiger partial charge in [0.15, 0.2) is 0 Å². The second-order valence-corrected chi connectivity index (χ2v) is 5.02. The Hall–Kier alpha value is -1.56. The van der Waals surface area contributed by atoms with E-state index >= 15 is 0 Å². The topological polar surface area (TPSA) is 0 Å². The first kappa shape index (κ1) is 11.9. The Kier molecular flexibility index (Phi) is 3.63. The summed E-state index contributed by atoms with van der Waals surface area (Å²) >= 11 is 0. The average Bonchev–Trinajstić information content (AvgIpc) is 2.30. The van der Waals surface area contributed by atoms with Gasteiger partial charge in [0.2, 0.25) is 0 Å². The molecular formula is C17H20. The van der Waals surface area contributed by atoms with Crippen molar-refractivity contribution in [1.29, 1.82) is 0 Å². The third-order valence-electron chi connectivity index (χ3n) is 3.08. The Balaban J connectivity index is 2.20. The maximum atomic E-state index is 2.28. The van der Waals surface area contributed by atoms with Crippen LogP contribution >= 0.6 is 0 Å². The third kappa shape index (κ3) is 3.20. The van der Waals surface area contributed by atoms with E-state index in [2.05, 4.69) is 63.3 Å². The lowest BCUT2D eigenvalue weighted by Gasteiger charge is -2.13. The lowest BCUT2D eigenvalue weighted by molar-refractivity contribution is 1.00. The summed E-state index contributed by atoms with van der Waals surface area (Å²) < 4.78 is 0. The fraction of sp³-hybridized carbons (Fsp3) is 0.294.